The summed E-state index contributed by atoms with van der Waals surface area (Å²) in [6, 6.07) is 4.23. The van der Waals surface area contributed by atoms with Gasteiger partial charge in [0.2, 0.25) is 0 Å². The Labute approximate surface area is 94.6 Å². The zero-order chi connectivity index (χ0) is 11.0. The Balaban J connectivity index is 2.63. The summed E-state index contributed by atoms with van der Waals surface area (Å²) in [5.74, 6) is 1.06. The summed E-state index contributed by atoms with van der Waals surface area (Å²) >= 11 is 1.77. The topological polar surface area (TPSA) is 17.1 Å². The number of benzene rings is 1. The van der Waals surface area contributed by atoms with E-state index >= 15 is 0 Å². The van der Waals surface area contributed by atoms with Crippen molar-refractivity contribution in [2.24, 2.45) is 0 Å². The number of allylic oxidation sites excluding steroid dienone is 1. The number of aryl methyl sites for hydroxylation is 2. The van der Waals surface area contributed by atoms with Gasteiger partial charge in [-0.2, -0.15) is 0 Å². The highest BCUT2D eigenvalue weighted by molar-refractivity contribution is 7.99. The molecule has 0 bridgehead atoms. The molecule has 1 nitrogen and oxygen atoms in total. The summed E-state index contributed by atoms with van der Waals surface area (Å²) < 4.78 is 0. The molecule has 0 aromatic heterocycles. The molecule has 1 aliphatic heterocycles. The van der Waals surface area contributed by atoms with Gasteiger partial charge in [-0.05, 0) is 25.0 Å². The molecule has 0 fully saturated rings. The highest BCUT2D eigenvalue weighted by atomic mass is 32.2. The number of thioether (sulfide) groups is 1. The predicted octanol–water partition coefficient (Wildman–Crippen LogP) is 3.38. The summed E-state index contributed by atoms with van der Waals surface area (Å²) in [6.07, 6.45) is 0.608. The zero-order valence-electron chi connectivity index (χ0n) is 9.09. The van der Waals surface area contributed by atoms with Crippen molar-refractivity contribution in [3.8, 4) is 0 Å². The van der Waals surface area contributed by atoms with Crippen molar-refractivity contribution < 1.29 is 4.79 Å². The predicted molar refractivity (Wildman–Crippen MR) is 65.3 cm³/mol. The molecule has 0 spiro atoms. The van der Waals surface area contributed by atoms with Crippen LogP contribution in [0.5, 0.6) is 0 Å². The summed E-state index contributed by atoms with van der Waals surface area (Å²) in [6.45, 7) is 8.07. The number of fused-ring (bicyclic) bond motifs is 1. The number of rotatable bonds is 0. The SMILES string of the molecule is C=C1C(=O)CCSc2c(C)cc(C)cc21. The monoisotopic (exact) mass is 218 g/mol. The van der Waals surface area contributed by atoms with Gasteiger partial charge >= 0.3 is 0 Å². The van der Waals surface area contributed by atoms with Crippen molar-refractivity contribution in [3.05, 3.63) is 35.4 Å². The molecule has 1 aromatic rings. The molecule has 0 saturated carbocycles. The molecular formula is C13H14OS. The van der Waals surface area contributed by atoms with Crippen LogP contribution < -0.4 is 0 Å². The Morgan fingerprint density at radius 1 is 1.33 bits per heavy atom. The number of hydrogen-bond acceptors (Lipinski definition) is 2. The van der Waals surface area contributed by atoms with Crippen LogP contribution in [0.2, 0.25) is 0 Å². The van der Waals surface area contributed by atoms with Gasteiger partial charge in [0, 0.05) is 22.6 Å². The first-order valence-corrected chi connectivity index (χ1v) is 6.04. The Morgan fingerprint density at radius 2 is 2.07 bits per heavy atom. The van der Waals surface area contributed by atoms with Crippen LogP contribution in [0.4, 0.5) is 0 Å². The second kappa shape index (κ2) is 3.86. The minimum atomic E-state index is 0.186. The van der Waals surface area contributed by atoms with Gasteiger partial charge < -0.3 is 0 Å². The van der Waals surface area contributed by atoms with E-state index in [0.29, 0.717) is 12.0 Å². The van der Waals surface area contributed by atoms with E-state index in [-0.39, 0.29) is 5.78 Å². The van der Waals surface area contributed by atoms with Gasteiger partial charge in [-0.15, -0.1) is 11.8 Å². The molecule has 0 saturated heterocycles. The molecule has 0 amide bonds. The molecule has 0 atom stereocenters. The molecule has 78 valence electrons. The first kappa shape index (κ1) is 10.5. The largest absolute Gasteiger partial charge is 0.294 e. The van der Waals surface area contributed by atoms with Crippen LogP contribution in [0.1, 0.15) is 23.1 Å². The van der Waals surface area contributed by atoms with E-state index in [0.717, 1.165) is 11.3 Å². The third-order valence-corrected chi connectivity index (χ3v) is 3.90. The van der Waals surface area contributed by atoms with Gasteiger partial charge in [0.05, 0.1) is 0 Å². The average molecular weight is 218 g/mol. The van der Waals surface area contributed by atoms with Gasteiger partial charge in [0.25, 0.3) is 0 Å². The minimum absolute atomic E-state index is 0.186. The lowest BCUT2D eigenvalue weighted by atomic mass is 9.98. The Kier molecular flexibility index (Phi) is 2.70. The highest BCUT2D eigenvalue weighted by Crippen LogP contribution is 2.36. The molecular weight excluding hydrogens is 204 g/mol. The van der Waals surface area contributed by atoms with Crippen LogP contribution in [0, 0.1) is 13.8 Å². The van der Waals surface area contributed by atoms with Crippen LogP contribution in [-0.4, -0.2) is 11.5 Å². The molecule has 1 aromatic carbocycles. The van der Waals surface area contributed by atoms with Gasteiger partial charge in [0.15, 0.2) is 5.78 Å². The van der Waals surface area contributed by atoms with Crippen molar-refractivity contribution in [3.63, 3.8) is 0 Å². The van der Waals surface area contributed by atoms with Crippen LogP contribution >= 0.6 is 11.8 Å². The lowest BCUT2D eigenvalue weighted by Crippen LogP contribution is -1.99. The molecule has 0 N–H and O–H groups in total. The number of ketones is 1. The molecule has 0 radical (unpaired) electrons. The first-order valence-electron chi connectivity index (χ1n) is 5.06. The van der Waals surface area contributed by atoms with E-state index in [1.54, 1.807) is 11.8 Å². The van der Waals surface area contributed by atoms with Crippen molar-refractivity contribution in [1.82, 2.24) is 0 Å². The summed E-state index contributed by atoms with van der Waals surface area (Å²) in [5.41, 5.74) is 4.18. The number of carbonyl (C=O) groups is 1. The van der Waals surface area contributed by atoms with Gasteiger partial charge in [-0.25, -0.2) is 0 Å². The molecule has 2 heteroatoms. The summed E-state index contributed by atoms with van der Waals surface area (Å²) in [4.78, 5) is 12.9. The van der Waals surface area contributed by atoms with E-state index < -0.39 is 0 Å². The number of hydrogen-bond donors (Lipinski definition) is 0. The van der Waals surface area contributed by atoms with E-state index in [1.165, 1.54) is 16.0 Å². The van der Waals surface area contributed by atoms with Crippen LogP contribution in [-0.2, 0) is 4.79 Å². The fourth-order valence-corrected chi connectivity index (χ4v) is 3.03. The first-order chi connectivity index (χ1) is 7.09. The third kappa shape index (κ3) is 1.86. The molecule has 1 aliphatic rings. The maximum absolute atomic E-state index is 11.7. The summed E-state index contributed by atoms with van der Waals surface area (Å²) in [5, 5.41) is 0. The smallest absolute Gasteiger partial charge is 0.163 e. The van der Waals surface area contributed by atoms with Crippen molar-refractivity contribution >= 4 is 23.1 Å². The Hall–Kier alpha value is -1.02. The summed E-state index contributed by atoms with van der Waals surface area (Å²) in [7, 11) is 0. The van der Waals surface area contributed by atoms with Gasteiger partial charge in [-0.3, -0.25) is 4.79 Å². The lowest BCUT2D eigenvalue weighted by molar-refractivity contribution is -0.113. The average Bonchev–Trinajstić information content (AvgIpc) is 2.30. The van der Waals surface area contributed by atoms with E-state index in [2.05, 4.69) is 32.6 Å². The number of Topliss-reactive ketones (excluding diaryl/α,β-unsaturated/α-hetero) is 1. The van der Waals surface area contributed by atoms with Crippen LogP contribution in [0.3, 0.4) is 0 Å². The quantitative estimate of drug-likeness (QED) is 0.621. The minimum Gasteiger partial charge on any atom is -0.294 e. The standard InChI is InChI=1S/C13H14OS/c1-8-6-9(2)13-11(7-8)10(3)12(14)4-5-15-13/h6-7H,3-5H2,1-2H3. The number of carbonyl (C=O) groups excluding carboxylic acids is 1. The van der Waals surface area contributed by atoms with Crippen LogP contribution in [0.25, 0.3) is 5.57 Å². The van der Waals surface area contributed by atoms with Gasteiger partial charge in [-0.1, -0.05) is 24.3 Å². The second-order valence-electron chi connectivity index (χ2n) is 3.96. The van der Waals surface area contributed by atoms with Crippen molar-refractivity contribution in [2.75, 3.05) is 5.75 Å². The van der Waals surface area contributed by atoms with Crippen molar-refractivity contribution in [2.45, 2.75) is 25.2 Å². The van der Waals surface area contributed by atoms with Gasteiger partial charge in [0.1, 0.15) is 0 Å². The van der Waals surface area contributed by atoms with Crippen LogP contribution in [0.15, 0.2) is 23.6 Å². The maximum atomic E-state index is 11.7. The highest BCUT2D eigenvalue weighted by Gasteiger charge is 2.19. The maximum Gasteiger partial charge on any atom is 0.163 e. The molecule has 15 heavy (non-hydrogen) atoms. The third-order valence-electron chi connectivity index (χ3n) is 2.66. The van der Waals surface area contributed by atoms with E-state index in [4.69, 9.17) is 0 Å². The zero-order valence-corrected chi connectivity index (χ0v) is 9.91. The molecule has 0 unspecified atom stereocenters. The molecule has 2 rings (SSSR count). The fourth-order valence-electron chi connectivity index (χ4n) is 1.92. The second-order valence-corrected chi connectivity index (χ2v) is 5.06. The molecule has 0 aliphatic carbocycles. The molecule has 1 heterocycles. The Bertz CT molecular complexity index is 446. The van der Waals surface area contributed by atoms with E-state index in [1.807, 2.05) is 0 Å². The fraction of sp³-hybridized carbons (Fsp3) is 0.308. The Morgan fingerprint density at radius 3 is 2.80 bits per heavy atom. The lowest BCUT2D eigenvalue weighted by Gasteiger charge is -2.10. The van der Waals surface area contributed by atoms with Crippen molar-refractivity contribution in [1.29, 1.82) is 0 Å². The normalized spacial score (nSPS) is 16.1. The van der Waals surface area contributed by atoms with E-state index in [9.17, 15) is 4.79 Å².